The zero-order valence-corrected chi connectivity index (χ0v) is 16.5. The van der Waals surface area contributed by atoms with Gasteiger partial charge in [-0.3, -0.25) is 0 Å². The van der Waals surface area contributed by atoms with Gasteiger partial charge in [0.25, 0.3) is 0 Å². The van der Waals surface area contributed by atoms with Crippen LogP contribution in [0.4, 0.5) is 0 Å². The molecule has 0 aliphatic heterocycles. The van der Waals surface area contributed by atoms with Crippen molar-refractivity contribution in [3.05, 3.63) is 66.9 Å². The van der Waals surface area contributed by atoms with E-state index in [0.29, 0.717) is 5.39 Å². The van der Waals surface area contributed by atoms with Crippen molar-refractivity contribution < 1.29 is 65.4 Å². The fourth-order valence-electron chi connectivity index (χ4n) is 2.39. The Morgan fingerprint density at radius 3 is 2.23 bits per heavy atom. The van der Waals surface area contributed by atoms with Crippen molar-refractivity contribution in [1.82, 2.24) is 0 Å². The maximum atomic E-state index is 12.3. The quantitative estimate of drug-likeness (QED) is 0.313. The van der Waals surface area contributed by atoms with Gasteiger partial charge in [-0.05, 0) is 41.3 Å². The van der Waals surface area contributed by atoms with Crippen molar-refractivity contribution in [2.75, 3.05) is 0 Å². The van der Waals surface area contributed by atoms with Crippen LogP contribution in [0.15, 0.2) is 71.8 Å². The van der Waals surface area contributed by atoms with E-state index in [2.05, 4.69) is 6.58 Å². The van der Waals surface area contributed by atoms with Crippen LogP contribution in [0.2, 0.25) is 0 Å². The van der Waals surface area contributed by atoms with Gasteiger partial charge in [0.2, 0.25) is 0 Å². The monoisotopic (exact) mass is 338 g/mol. The molecule has 3 rings (SSSR count). The van der Waals surface area contributed by atoms with Gasteiger partial charge >= 0.3 is 61.5 Å². The summed E-state index contributed by atoms with van der Waals surface area (Å²) in [5, 5.41) is 3.57. The van der Waals surface area contributed by atoms with Crippen LogP contribution in [0, 0.1) is 0 Å². The van der Waals surface area contributed by atoms with E-state index in [1.165, 1.54) is 6.92 Å². The minimum absolute atomic E-state index is 0. The molecule has 0 saturated heterocycles. The fourth-order valence-corrected chi connectivity index (χ4v) is 3.54. The van der Waals surface area contributed by atoms with Gasteiger partial charge in [-0.15, -0.1) is 0 Å². The summed E-state index contributed by atoms with van der Waals surface area (Å²) in [6, 6.07) is 16.8. The molecule has 0 saturated carbocycles. The predicted molar refractivity (Wildman–Crippen MR) is 85.7 cm³/mol. The third kappa shape index (κ3) is 3.45. The average molecular weight is 338 g/mol. The maximum absolute atomic E-state index is 12.3. The van der Waals surface area contributed by atoms with E-state index < -0.39 is 10.1 Å². The first-order valence-corrected chi connectivity index (χ1v) is 7.90. The standard InChI is InChI=1S/C17H14O3S.K.H/c1-12(2)20-21(18,19)17-9-5-8-15-10-13-6-3-4-7-14(13)11-16(15)17;;/h3-11H,1H2,2H3;;/q;+1;-1. The Labute approximate surface area is 174 Å². The van der Waals surface area contributed by atoms with Crippen LogP contribution in [0.5, 0.6) is 0 Å². The van der Waals surface area contributed by atoms with Crippen molar-refractivity contribution in [3.63, 3.8) is 0 Å². The van der Waals surface area contributed by atoms with Crippen LogP contribution >= 0.6 is 0 Å². The van der Waals surface area contributed by atoms with E-state index in [4.69, 9.17) is 4.18 Å². The molecule has 0 heterocycles. The van der Waals surface area contributed by atoms with Gasteiger partial charge in [-0.1, -0.05) is 43.0 Å². The Morgan fingerprint density at radius 1 is 1.00 bits per heavy atom. The van der Waals surface area contributed by atoms with E-state index in [1.807, 2.05) is 42.5 Å². The van der Waals surface area contributed by atoms with Gasteiger partial charge in [0, 0.05) is 5.39 Å². The average Bonchev–Trinajstić information content (AvgIpc) is 2.43. The largest absolute Gasteiger partial charge is 1.00 e. The second-order valence-corrected chi connectivity index (χ2v) is 6.43. The molecule has 3 nitrogen and oxygen atoms in total. The number of hydrogen-bond donors (Lipinski definition) is 0. The van der Waals surface area contributed by atoms with Gasteiger partial charge in [-0.25, -0.2) is 0 Å². The van der Waals surface area contributed by atoms with Crippen molar-refractivity contribution in [2.45, 2.75) is 11.8 Å². The maximum Gasteiger partial charge on any atom is 1.00 e. The zero-order chi connectivity index (χ0) is 15.0. The van der Waals surface area contributed by atoms with E-state index in [-0.39, 0.29) is 63.5 Å². The molecule has 0 N–H and O–H groups in total. The van der Waals surface area contributed by atoms with Gasteiger partial charge in [0.15, 0.2) is 0 Å². The fraction of sp³-hybridized carbons (Fsp3) is 0.0588. The van der Waals surface area contributed by atoms with E-state index in [1.54, 1.807) is 12.1 Å². The molecule has 0 aromatic heterocycles. The Hall–Kier alpha value is -0.694. The van der Waals surface area contributed by atoms with Crippen LogP contribution in [0.3, 0.4) is 0 Å². The Bertz CT molecular complexity index is 968. The molecule has 108 valence electrons. The summed E-state index contributed by atoms with van der Waals surface area (Å²) in [4.78, 5) is 0.161. The summed E-state index contributed by atoms with van der Waals surface area (Å²) in [6.07, 6.45) is 0. The molecule has 22 heavy (non-hydrogen) atoms. The minimum Gasteiger partial charge on any atom is -1.00 e. The van der Waals surface area contributed by atoms with Crippen molar-refractivity contribution >= 4 is 31.7 Å². The van der Waals surface area contributed by atoms with Gasteiger partial charge < -0.3 is 5.61 Å². The molecule has 0 bridgehead atoms. The summed E-state index contributed by atoms with van der Waals surface area (Å²) >= 11 is 0. The Morgan fingerprint density at radius 2 is 1.59 bits per heavy atom. The van der Waals surface area contributed by atoms with Gasteiger partial charge in [0.05, 0.1) is 0 Å². The molecule has 0 aliphatic carbocycles. The third-order valence-electron chi connectivity index (χ3n) is 3.23. The topological polar surface area (TPSA) is 43.4 Å². The van der Waals surface area contributed by atoms with Crippen LogP contribution < -0.4 is 51.4 Å². The second-order valence-electron chi connectivity index (χ2n) is 4.92. The second kappa shape index (κ2) is 6.82. The number of fused-ring (bicyclic) bond motifs is 2. The van der Waals surface area contributed by atoms with Crippen molar-refractivity contribution in [3.8, 4) is 0 Å². The SMILES string of the molecule is C=C(C)OS(=O)(=O)c1cccc2cc3ccccc3cc12.[H-].[K+]. The van der Waals surface area contributed by atoms with Crippen LogP contribution in [0.25, 0.3) is 21.5 Å². The van der Waals surface area contributed by atoms with E-state index in [0.717, 1.165) is 16.2 Å². The van der Waals surface area contributed by atoms with Gasteiger partial charge in [-0.2, -0.15) is 8.42 Å². The molecule has 0 unspecified atom stereocenters. The van der Waals surface area contributed by atoms with Gasteiger partial charge in [0.1, 0.15) is 10.7 Å². The molecule has 0 amide bonds. The summed E-state index contributed by atoms with van der Waals surface area (Å²) < 4.78 is 29.5. The summed E-state index contributed by atoms with van der Waals surface area (Å²) in [6.45, 7) is 5.01. The first-order valence-electron chi connectivity index (χ1n) is 6.49. The zero-order valence-electron chi connectivity index (χ0n) is 13.5. The molecule has 0 fully saturated rings. The normalized spacial score (nSPS) is 11.1. The third-order valence-corrected chi connectivity index (χ3v) is 4.63. The number of benzene rings is 3. The summed E-state index contributed by atoms with van der Waals surface area (Å²) in [5.74, 6) is 0.146. The van der Waals surface area contributed by atoms with E-state index in [9.17, 15) is 8.42 Å². The van der Waals surface area contributed by atoms with Crippen LogP contribution in [0.1, 0.15) is 8.35 Å². The first-order chi connectivity index (χ1) is 9.97. The molecule has 3 aromatic rings. The van der Waals surface area contributed by atoms with E-state index >= 15 is 0 Å². The number of allylic oxidation sites excluding steroid dienone is 1. The molecule has 0 atom stereocenters. The molecule has 0 spiro atoms. The van der Waals surface area contributed by atoms with Crippen LogP contribution in [-0.2, 0) is 14.3 Å². The molecular weight excluding hydrogens is 323 g/mol. The molecule has 5 heteroatoms. The van der Waals surface area contributed by atoms with Crippen LogP contribution in [-0.4, -0.2) is 8.42 Å². The molecule has 0 radical (unpaired) electrons. The first kappa shape index (κ1) is 17.7. The summed E-state index contributed by atoms with van der Waals surface area (Å²) in [7, 11) is -3.85. The molecule has 0 aliphatic rings. The Kier molecular flexibility index (Phi) is 5.48. The predicted octanol–water partition coefficient (Wildman–Crippen LogP) is 1.35. The molecular formula is C17H15KO3S. The smallest absolute Gasteiger partial charge is 1.00 e. The number of rotatable bonds is 3. The minimum atomic E-state index is -3.85. The van der Waals surface area contributed by atoms with Crippen molar-refractivity contribution in [1.29, 1.82) is 0 Å². The number of hydrogen-bond acceptors (Lipinski definition) is 3. The molecule has 3 aromatic carbocycles. The Balaban J connectivity index is 0.00000132. The van der Waals surface area contributed by atoms with Crippen molar-refractivity contribution in [2.24, 2.45) is 0 Å². The summed E-state index contributed by atoms with van der Waals surface area (Å²) in [5.41, 5.74) is 0.